The molecule has 48 heavy (non-hydrogen) atoms. The van der Waals surface area contributed by atoms with E-state index in [-0.39, 0.29) is 69.5 Å². The summed E-state index contributed by atoms with van der Waals surface area (Å²) in [5, 5.41) is 9.22. The summed E-state index contributed by atoms with van der Waals surface area (Å²) < 4.78 is 96.8. The molecule has 2 aliphatic rings. The minimum absolute atomic E-state index is 0.00811. The number of nitrogens with two attached hydrogens (primary N) is 1. The first-order valence-corrected chi connectivity index (χ1v) is 16.0. The van der Waals surface area contributed by atoms with E-state index in [0.717, 1.165) is 30.2 Å². The van der Waals surface area contributed by atoms with Gasteiger partial charge >= 0.3 is 12.2 Å². The van der Waals surface area contributed by atoms with Gasteiger partial charge in [-0.2, -0.15) is 28.4 Å². The Balaban J connectivity index is 1.45. The standard InChI is InChI=1S/C34H28F6N6OS/c1-45(15-18-6-3-2-4-7-18)31-21-12-23(34(38,39)40)26(20-8-9-24(36)29-25(20)22(14-41)30(42)48-29)27(37)28(21)43-32(44-31)47-17-33-10-5-11-46(33)16-19(35)13-33/h2-4,6-9,12,19H,5,10-11,13,15-17,42H2,1H3. The van der Waals surface area contributed by atoms with E-state index < -0.39 is 46.2 Å². The van der Waals surface area contributed by atoms with Gasteiger partial charge in [-0.3, -0.25) is 4.90 Å². The molecule has 0 amide bonds. The van der Waals surface area contributed by atoms with Crippen molar-refractivity contribution in [1.29, 1.82) is 5.26 Å². The summed E-state index contributed by atoms with van der Waals surface area (Å²) in [7, 11) is 1.61. The highest BCUT2D eigenvalue weighted by atomic mass is 32.1. The number of ether oxygens (including phenoxy) is 1. The SMILES string of the molecule is CN(Cc1ccccc1)c1nc(OCC23CCCN2CC(F)C3)nc2c(F)c(-c3ccc(F)c4sc(N)c(C#N)c34)c(C(F)(F)F)cc12. The van der Waals surface area contributed by atoms with E-state index >= 15 is 4.39 Å². The highest BCUT2D eigenvalue weighted by molar-refractivity contribution is 7.23. The van der Waals surface area contributed by atoms with E-state index in [1.54, 1.807) is 11.9 Å². The fraction of sp³-hybridized carbons (Fsp3) is 0.324. The Morgan fingerprint density at radius 3 is 2.67 bits per heavy atom. The lowest BCUT2D eigenvalue weighted by molar-refractivity contribution is -0.137. The van der Waals surface area contributed by atoms with Crippen molar-refractivity contribution in [3.63, 3.8) is 0 Å². The van der Waals surface area contributed by atoms with Gasteiger partial charge in [0.1, 0.15) is 41.0 Å². The minimum atomic E-state index is -5.08. The summed E-state index contributed by atoms with van der Waals surface area (Å²) in [6.07, 6.45) is -4.33. The van der Waals surface area contributed by atoms with Crippen molar-refractivity contribution in [3.8, 4) is 23.2 Å². The summed E-state index contributed by atoms with van der Waals surface area (Å²) in [4.78, 5) is 12.4. The average molecular weight is 683 g/mol. The van der Waals surface area contributed by atoms with Gasteiger partial charge in [-0.15, -0.1) is 11.3 Å². The molecule has 2 saturated heterocycles. The number of alkyl halides is 4. The summed E-state index contributed by atoms with van der Waals surface area (Å²) in [5.74, 6) is -2.19. The Morgan fingerprint density at radius 1 is 1.17 bits per heavy atom. The molecule has 2 aliphatic heterocycles. The molecule has 0 radical (unpaired) electrons. The monoisotopic (exact) mass is 682 g/mol. The van der Waals surface area contributed by atoms with Crippen molar-refractivity contribution in [2.45, 2.75) is 43.7 Å². The van der Waals surface area contributed by atoms with Gasteiger partial charge < -0.3 is 15.4 Å². The lowest BCUT2D eigenvalue weighted by atomic mass is 9.92. The van der Waals surface area contributed by atoms with Crippen LogP contribution in [0.2, 0.25) is 0 Å². The number of hydrogen-bond acceptors (Lipinski definition) is 8. The number of thiophene rings is 1. The van der Waals surface area contributed by atoms with Crippen LogP contribution >= 0.6 is 11.3 Å². The maximum absolute atomic E-state index is 16.9. The number of rotatable bonds is 7. The van der Waals surface area contributed by atoms with E-state index in [4.69, 9.17) is 10.5 Å². The van der Waals surface area contributed by atoms with Crippen LogP contribution in [0, 0.1) is 23.0 Å². The molecule has 7 rings (SSSR count). The van der Waals surface area contributed by atoms with Gasteiger partial charge in [-0.1, -0.05) is 36.4 Å². The fourth-order valence-electron chi connectivity index (χ4n) is 7.12. The van der Waals surface area contributed by atoms with Crippen LogP contribution in [-0.4, -0.2) is 53.3 Å². The zero-order chi connectivity index (χ0) is 34.0. The smallest absolute Gasteiger partial charge is 0.417 e. The van der Waals surface area contributed by atoms with E-state index in [1.165, 1.54) is 0 Å². The molecular weight excluding hydrogens is 654 g/mol. The molecule has 0 saturated carbocycles. The topological polar surface area (TPSA) is 91.3 Å². The fourth-order valence-corrected chi connectivity index (χ4v) is 8.07. The Morgan fingerprint density at radius 2 is 1.94 bits per heavy atom. The number of aromatic nitrogens is 2. The Bertz CT molecular complexity index is 2100. The minimum Gasteiger partial charge on any atom is -0.461 e. The Kier molecular flexibility index (Phi) is 7.87. The molecule has 7 nitrogen and oxygen atoms in total. The second kappa shape index (κ2) is 11.8. The first-order valence-electron chi connectivity index (χ1n) is 15.2. The predicted molar refractivity (Wildman–Crippen MR) is 171 cm³/mol. The normalized spacial score (nSPS) is 19.6. The summed E-state index contributed by atoms with van der Waals surface area (Å²) in [6, 6.07) is 13.3. The predicted octanol–water partition coefficient (Wildman–Crippen LogP) is 7.85. The molecule has 2 fully saturated rings. The van der Waals surface area contributed by atoms with E-state index in [2.05, 4.69) is 9.97 Å². The lowest BCUT2D eigenvalue weighted by Crippen LogP contribution is -2.43. The van der Waals surface area contributed by atoms with Crippen LogP contribution in [0.15, 0.2) is 48.5 Å². The van der Waals surface area contributed by atoms with Crippen molar-refractivity contribution >= 4 is 43.1 Å². The molecular formula is C34H28F6N6OS. The number of nitrogens with zero attached hydrogens (tertiary/aromatic N) is 5. The molecule has 2 atom stereocenters. The molecule has 14 heteroatoms. The maximum Gasteiger partial charge on any atom is 0.417 e. The van der Waals surface area contributed by atoms with Crippen molar-refractivity contribution in [1.82, 2.24) is 14.9 Å². The summed E-state index contributed by atoms with van der Waals surface area (Å²) in [5.41, 5.74) is 2.82. The van der Waals surface area contributed by atoms with Crippen molar-refractivity contribution in [2.24, 2.45) is 0 Å². The maximum atomic E-state index is 16.9. The highest BCUT2D eigenvalue weighted by Crippen LogP contribution is 2.48. The lowest BCUT2D eigenvalue weighted by Gasteiger charge is -2.31. The second-order valence-electron chi connectivity index (χ2n) is 12.3. The van der Waals surface area contributed by atoms with Gasteiger partial charge in [0.05, 0.1) is 21.4 Å². The number of fused-ring (bicyclic) bond motifs is 3. The molecule has 3 aromatic carbocycles. The zero-order valence-electron chi connectivity index (χ0n) is 25.5. The summed E-state index contributed by atoms with van der Waals surface area (Å²) >= 11 is 0.691. The molecule has 5 aromatic rings. The second-order valence-corrected chi connectivity index (χ2v) is 13.3. The third-order valence-electron chi connectivity index (χ3n) is 9.25. The number of nitrogen functional groups attached to an aromatic ring is 1. The molecule has 248 valence electrons. The van der Waals surface area contributed by atoms with Gasteiger partial charge in [0.25, 0.3) is 0 Å². The third kappa shape index (κ3) is 5.35. The van der Waals surface area contributed by atoms with Crippen LogP contribution < -0.4 is 15.4 Å². The highest BCUT2D eigenvalue weighted by Gasteiger charge is 2.49. The number of nitriles is 1. The van der Waals surface area contributed by atoms with Crippen LogP contribution in [0.1, 0.15) is 36.0 Å². The van der Waals surface area contributed by atoms with Crippen LogP contribution in [0.4, 0.5) is 37.2 Å². The van der Waals surface area contributed by atoms with Gasteiger partial charge in [0, 0.05) is 42.9 Å². The first kappa shape index (κ1) is 32.0. The molecule has 0 spiro atoms. The number of benzene rings is 3. The van der Waals surface area contributed by atoms with E-state index in [9.17, 15) is 27.2 Å². The van der Waals surface area contributed by atoms with Crippen LogP contribution in [0.5, 0.6) is 6.01 Å². The van der Waals surface area contributed by atoms with E-state index in [1.807, 2.05) is 41.3 Å². The zero-order valence-corrected chi connectivity index (χ0v) is 26.4. The molecule has 2 aromatic heterocycles. The van der Waals surface area contributed by atoms with Gasteiger partial charge in [0.15, 0.2) is 5.82 Å². The number of hydrogen-bond donors (Lipinski definition) is 1. The van der Waals surface area contributed by atoms with Crippen LogP contribution in [0.25, 0.3) is 32.1 Å². The first-order chi connectivity index (χ1) is 22.9. The van der Waals surface area contributed by atoms with Crippen LogP contribution in [-0.2, 0) is 12.7 Å². The van der Waals surface area contributed by atoms with Crippen molar-refractivity contribution in [3.05, 3.63) is 76.9 Å². The number of halogens is 6. The van der Waals surface area contributed by atoms with Gasteiger partial charge in [-0.05, 0) is 42.6 Å². The molecule has 2 unspecified atom stereocenters. The Hall–Kier alpha value is -4.61. The van der Waals surface area contributed by atoms with E-state index in [0.29, 0.717) is 24.3 Å². The number of anilines is 2. The molecule has 0 bridgehead atoms. The Labute approximate surface area is 275 Å². The van der Waals surface area contributed by atoms with Crippen molar-refractivity contribution in [2.75, 3.05) is 37.4 Å². The van der Waals surface area contributed by atoms with Crippen molar-refractivity contribution < 1.29 is 31.1 Å². The quantitative estimate of drug-likeness (QED) is 0.175. The summed E-state index contributed by atoms with van der Waals surface area (Å²) in [6.45, 7) is 1.19. The van der Waals surface area contributed by atoms with Crippen LogP contribution in [0.3, 0.4) is 0 Å². The van der Waals surface area contributed by atoms with Gasteiger partial charge in [0.2, 0.25) is 0 Å². The average Bonchev–Trinajstić information content (AvgIpc) is 3.69. The molecule has 0 aliphatic carbocycles. The molecule has 2 N–H and O–H groups in total. The largest absolute Gasteiger partial charge is 0.461 e. The van der Waals surface area contributed by atoms with Gasteiger partial charge in [-0.25, -0.2) is 13.2 Å². The third-order valence-corrected chi connectivity index (χ3v) is 10.3. The molecule has 4 heterocycles.